The fourth-order valence-corrected chi connectivity index (χ4v) is 3.33. The van der Waals surface area contributed by atoms with Gasteiger partial charge in [0.15, 0.2) is 0 Å². The minimum atomic E-state index is -0.483. The highest BCUT2D eigenvalue weighted by Gasteiger charge is 2.25. The number of hydrogen-bond acceptors (Lipinski definition) is 3. The Morgan fingerprint density at radius 1 is 1.20 bits per heavy atom. The van der Waals surface area contributed by atoms with Gasteiger partial charge in [-0.2, -0.15) is 0 Å². The highest BCUT2D eigenvalue weighted by Crippen LogP contribution is 2.35. The largest absolute Gasteiger partial charge is 0.494 e. The first-order valence-corrected chi connectivity index (χ1v) is 7.65. The van der Waals surface area contributed by atoms with Crippen LogP contribution in [0.4, 0.5) is 0 Å². The Kier molecular flexibility index (Phi) is 4.68. The van der Waals surface area contributed by atoms with Crippen LogP contribution >= 0.6 is 0 Å². The molecule has 1 aliphatic carbocycles. The van der Waals surface area contributed by atoms with Gasteiger partial charge in [0, 0.05) is 6.04 Å². The molecule has 1 aromatic heterocycles. The molecular weight excluding hydrogens is 256 g/mol. The second kappa shape index (κ2) is 6.29. The van der Waals surface area contributed by atoms with Gasteiger partial charge in [0.25, 0.3) is 5.56 Å². The summed E-state index contributed by atoms with van der Waals surface area (Å²) >= 11 is 0. The van der Waals surface area contributed by atoms with E-state index in [9.17, 15) is 14.7 Å². The van der Waals surface area contributed by atoms with Gasteiger partial charge >= 0.3 is 5.69 Å². The fourth-order valence-electron chi connectivity index (χ4n) is 3.33. The lowest BCUT2D eigenvalue weighted by Crippen LogP contribution is -2.35. The normalized spacial score (nSPS) is 22.9. The number of nitrogens with zero attached hydrogens (tertiary/aromatic N) is 1. The van der Waals surface area contributed by atoms with Crippen molar-refractivity contribution in [2.24, 2.45) is 5.92 Å². The van der Waals surface area contributed by atoms with Crippen LogP contribution in [-0.2, 0) is 6.42 Å². The number of hydrogen-bond donors (Lipinski definition) is 2. The van der Waals surface area contributed by atoms with Crippen LogP contribution in [-0.4, -0.2) is 14.7 Å². The SMILES string of the molecule is CCCC1CCC(n2c(O)c(CC)c(=O)[nH]c2=O)CC1. The Morgan fingerprint density at radius 3 is 2.40 bits per heavy atom. The first-order chi connectivity index (χ1) is 9.58. The van der Waals surface area contributed by atoms with Crippen molar-refractivity contribution in [1.82, 2.24) is 9.55 Å². The van der Waals surface area contributed by atoms with Gasteiger partial charge in [-0.25, -0.2) is 4.79 Å². The predicted octanol–water partition coefficient (Wildman–Crippen LogP) is 2.34. The van der Waals surface area contributed by atoms with E-state index in [1.165, 1.54) is 17.4 Å². The molecule has 0 saturated heterocycles. The van der Waals surface area contributed by atoms with Crippen molar-refractivity contribution >= 4 is 0 Å². The second-order valence-corrected chi connectivity index (χ2v) is 5.75. The maximum absolute atomic E-state index is 12.0. The van der Waals surface area contributed by atoms with Gasteiger partial charge in [-0.15, -0.1) is 0 Å². The first-order valence-electron chi connectivity index (χ1n) is 7.65. The second-order valence-electron chi connectivity index (χ2n) is 5.75. The van der Waals surface area contributed by atoms with Crippen molar-refractivity contribution in [2.45, 2.75) is 64.8 Å². The molecule has 1 saturated carbocycles. The number of H-pyrrole nitrogens is 1. The zero-order valence-corrected chi connectivity index (χ0v) is 12.3. The molecule has 0 atom stereocenters. The molecule has 20 heavy (non-hydrogen) atoms. The Labute approximate surface area is 118 Å². The maximum atomic E-state index is 12.0. The van der Waals surface area contributed by atoms with Crippen LogP contribution in [0.25, 0.3) is 0 Å². The van der Waals surface area contributed by atoms with Crippen molar-refractivity contribution in [3.8, 4) is 5.88 Å². The third-order valence-electron chi connectivity index (χ3n) is 4.44. The highest BCUT2D eigenvalue weighted by atomic mass is 16.3. The van der Waals surface area contributed by atoms with Crippen molar-refractivity contribution in [2.75, 3.05) is 0 Å². The highest BCUT2D eigenvalue weighted by molar-refractivity contribution is 5.23. The van der Waals surface area contributed by atoms with Crippen LogP contribution in [0.15, 0.2) is 9.59 Å². The number of aromatic hydroxyl groups is 1. The summed E-state index contributed by atoms with van der Waals surface area (Å²) in [4.78, 5) is 25.9. The molecule has 1 fully saturated rings. The van der Waals surface area contributed by atoms with E-state index >= 15 is 0 Å². The number of rotatable bonds is 4. The molecule has 112 valence electrons. The summed E-state index contributed by atoms with van der Waals surface area (Å²) < 4.78 is 1.39. The summed E-state index contributed by atoms with van der Waals surface area (Å²) in [5.74, 6) is 0.600. The molecule has 0 bridgehead atoms. The molecule has 1 aliphatic rings. The van der Waals surface area contributed by atoms with Gasteiger partial charge in [0.2, 0.25) is 5.88 Å². The topological polar surface area (TPSA) is 75.1 Å². The minimum absolute atomic E-state index is 0.0118. The average molecular weight is 280 g/mol. The van der Waals surface area contributed by atoms with Gasteiger partial charge < -0.3 is 5.11 Å². The zero-order valence-electron chi connectivity index (χ0n) is 12.3. The molecule has 1 heterocycles. The Bertz CT molecular complexity index is 565. The van der Waals surface area contributed by atoms with Crippen molar-refractivity contribution < 1.29 is 5.11 Å². The molecule has 0 unspecified atom stereocenters. The van der Waals surface area contributed by atoms with E-state index in [2.05, 4.69) is 11.9 Å². The van der Waals surface area contributed by atoms with E-state index in [0.717, 1.165) is 31.6 Å². The lowest BCUT2D eigenvalue weighted by Gasteiger charge is -2.30. The van der Waals surface area contributed by atoms with Gasteiger partial charge in [-0.05, 0) is 38.0 Å². The lowest BCUT2D eigenvalue weighted by molar-refractivity contribution is 0.239. The number of aromatic amines is 1. The molecule has 0 aromatic carbocycles. The fraction of sp³-hybridized carbons (Fsp3) is 0.733. The standard InChI is InChI=1S/C15H24N2O3/c1-3-5-10-6-8-11(9-7-10)17-14(19)12(4-2)13(18)16-15(17)20/h10-11,19H,3-9H2,1-2H3,(H,16,18,20). The Morgan fingerprint density at radius 2 is 1.85 bits per heavy atom. The molecule has 5 heteroatoms. The monoisotopic (exact) mass is 280 g/mol. The Hall–Kier alpha value is -1.52. The predicted molar refractivity (Wildman–Crippen MR) is 78.3 cm³/mol. The first kappa shape index (κ1) is 14.9. The van der Waals surface area contributed by atoms with E-state index < -0.39 is 11.2 Å². The lowest BCUT2D eigenvalue weighted by atomic mass is 9.83. The van der Waals surface area contributed by atoms with E-state index in [4.69, 9.17) is 0 Å². The summed E-state index contributed by atoms with van der Waals surface area (Å²) in [6, 6.07) is 0.0118. The summed E-state index contributed by atoms with van der Waals surface area (Å²) in [5, 5.41) is 10.2. The van der Waals surface area contributed by atoms with Crippen LogP contribution in [0.2, 0.25) is 0 Å². The van der Waals surface area contributed by atoms with Crippen LogP contribution in [0, 0.1) is 5.92 Å². The van der Waals surface area contributed by atoms with E-state index in [1.807, 2.05) is 0 Å². The van der Waals surface area contributed by atoms with Crippen molar-refractivity contribution in [3.63, 3.8) is 0 Å². The third kappa shape index (κ3) is 2.81. The summed E-state index contributed by atoms with van der Waals surface area (Å²) in [6.45, 7) is 4.00. The maximum Gasteiger partial charge on any atom is 0.331 e. The summed E-state index contributed by atoms with van der Waals surface area (Å²) in [6.07, 6.45) is 6.82. The van der Waals surface area contributed by atoms with Gasteiger partial charge in [-0.1, -0.05) is 26.7 Å². The quantitative estimate of drug-likeness (QED) is 0.889. The zero-order chi connectivity index (χ0) is 14.7. The van der Waals surface area contributed by atoms with Crippen molar-refractivity contribution in [3.05, 3.63) is 26.4 Å². The molecule has 1 aromatic rings. The molecule has 0 amide bonds. The van der Waals surface area contributed by atoms with Crippen LogP contribution in [0.1, 0.15) is 64.0 Å². The van der Waals surface area contributed by atoms with Crippen LogP contribution in [0.3, 0.4) is 0 Å². The van der Waals surface area contributed by atoms with Crippen LogP contribution in [0.5, 0.6) is 5.88 Å². The summed E-state index contributed by atoms with van der Waals surface area (Å²) in [5.41, 5.74) is -0.644. The van der Waals surface area contributed by atoms with E-state index in [0.29, 0.717) is 12.0 Å². The van der Waals surface area contributed by atoms with Crippen LogP contribution < -0.4 is 11.2 Å². The molecule has 5 nitrogen and oxygen atoms in total. The van der Waals surface area contributed by atoms with E-state index in [-0.39, 0.29) is 11.9 Å². The van der Waals surface area contributed by atoms with Crippen molar-refractivity contribution in [1.29, 1.82) is 0 Å². The molecule has 2 rings (SSSR count). The molecule has 2 N–H and O–H groups in total. The average Bonchev–Trinajstić information content (AvgIpc) is 2.41. The molecule has 0 spiro atoms. The number of nitrogens with one attached hydrogen (secondary N) is 1. The van der Waals surface area contributed by atoms with Gasteiger partial charge in [-0.3, -0.25) is 14.3 Å². The molecule has 0 aliphatic heterocycles. The smallest absolute Gasteiger partial charge is 0.331 e. The van der Waals surface area contributed by atoms with Gasteiger partial charge in [0.05, 0.1) is 5.56 Å². The van der Waals surface area contributed by atoms with Gasteiger partial charge in [0.1, 0.15) is 0 Å². The third-order valence-corrected chi connectivity index (χ3v) is 4.44. The summed E-state index contributed by atoms with van der Waals surface area (Å²) in [7, 11) is 0. The Balaban J connectivity index is 2.26. The number of aromatic nitrogens is 2. The minimum Gasteiger partial charge on any atom is -0.494 e. The molecular formula is C15H24N2O3. The van der Waals surface area contributed by atoms with E-state index in [1.54, 1.807) is 6.92 Å². The molecule has 0 radical (unpaired) electrons.